The molecular formula is C15H16F3NS. The fourth-order valence-corrected chi connectivity index (χ4v) is 2.79. The minimum atomic E-state index is -4.28. The first-order chi connectivity index (χ1) is 9.45. The minimum Gasteiger partial charge on any atom is -0.310 e. The van der Waals surface area contributed by atoms with Crippen LogP contribution >= 0.6 is 11.3 Å². The van der Waals surface area contributed by atoms with Crippen molar-refractivity contribution in [2.24, 2.45) is 0 Å². The Balaban J connectivity index is 1.90. The van der Waals surface area contributed by atoms with Crippen LogP contribution in [-0.4, -0.2) is 6.04 Å². The summed E-state index contributed by atoms with van der Waals surface area (Å²) >= 11 is 1.69. The van der Waals surface area contributed by atoms with Crippen molar-refractivity contribution in [2.75, 3.05) is 0 Å². The van der Waals surface area contributed by atoms with Gasteiger partial charge in [-0.3, -0.25) is 0 Å². The molecule has 0 radical (unpaired) electrons. The summed E-state index contributed by atoms with van der Waals surface area (Å²) in [7, 11) is 0. The highest BCUT2D eigenvalue weighted by Crippen LogP contribution is 2.29. The quantitative estimate of drug-likeness (QED) is 0.858. The molecule has 0 aliphatic carbocycles. The third-order valence-corrected chi connectivity index (χ3v) is 3.90. The van der Waals surface area contributed by atoms with Crippen molar-refractivity contribution in [3.8, 4) is 0 Å². The molecule has 5 heteroatoms. The van der Waals surface area contributed by atoms with E-state index in [0.29, 0.717) is 12.1 Å². The van der Waals surface area contributed by atoms with Gasteiger partial charge in [0.25, 0.3) is 0 Å². The predicted molar refractivity (Wildman–Crippen MR) is 75.8 cm³/mol. The summed E-state index contributed by atoms with van der Waals surface area (Å²) in [4.78, 5) is 1.27. The Labute approximate surface area is 120 Å². The maximum Gasteiger partial charge on any atom is 0.416 e. The van der Waals surface area contributed by atoms with Crippen LogP contribution in [0.25, 0.3) is 0 Å². The van der Waals surface area contributed by atoms with Crippen LogP contribution in [0.1, 0.15) is 22.9 Å². The van der Waals surface area contributed by atoms with Gasteiger partial charge in [-0.2, -0.15) is 13.2 Å². The average Bonchev–Trinajstić information content (AvgIpc) is 2.88. The van der Waals surface area contributed by atoms with E-state index in [9.17, 15) is 13.2 Å². The molecule has 1 unspecified atom stereocenters. The Morgan fingerprint density at radius 3 is 2.65 bits per heavy atom. The van der Waals surface area contributed by atoms with Gasteiger partial charge in [-0.25, -0.2) is 0 Å². The van der Waals surface area contributed by atoms with Gasteiger partial charge < -0.3 is 5.32 Å². The molecular weight excluding hydrogens is 283 g/mol. The molecule has 2 aromatic rings. The van der Waals surface area contributed by atoms with Gasteiger partial charge in [-0.1, -0.05) is 24.3 Å². The molecule has 1 aromatic heterocycles. The molecule has 0 saturated heterocycles. The number of halogens is 3. The van der Waals surface area contributed by atoms with E-state index in [-0.39, 0.29) is 6.04 Å². The molecule has 0 bridgehead atoms. The van der Waals surface area contributed by atoms with E-state index in [0.717, 1.165) is 12.5 Å². The van der Waals surface area contributed by atoms with Crippen molar-refractivity contribution in [3.05, 3.63) is 57.8 Å². The smallest absolute Gasteiger partial charge is 0.310 e. The van der Waals surface area contributed by atoms with Gasteiger partial charge in [0.05, 0.1) is 5.56 Å². The summed E-state index contributed by atoms with van der Waals surface area (Å²) in [5.74, 6) is 0. The van der Waals surface area contributed by atoms with Crippen LogP contribution in [-0.2, 0) is 19.1 Å². The molecule has 0 amide bonds. The third kappa shape index (κ3) is 4.35. The number of alkyl halides is 3. The van der Waals surface area contributed by atoms with E-state index in [1.807, 2.05) is 18.4 Å². The first kappa shape index (κ1) is 15.1. The molecule has 0 aliphatic heterocycles. The van der Waals surface area contributed by atoms with Crippen LogP contribution < -0.4 is 5.32 Å². The lowest BCUT2D eigenvalue weighted by Crippen LogP contribution is -2.27. The van der Waals surface area contributed by atoms with Gasteiger partial charge in [0.1, 0.15) is 0 Å². The Kier molecular flexibility index (Phi) is 4.83. The van der Waals surface area contributed by atoms with Gasteiger partial charge in [0, 0.05) is 17.5 Å². The van der Waals surface area contributed by atoms with Crippen LogP contribution in [0.15, 0.2) is 41.8 Å². The minimum absolute atomic E-state index is 0.225. The Bertz CT molecular complexity index is 534. The molecule has 0 fully saturated rings. The highest BCUT2D eigenvalue weighted by molar-refractivity contribution is 7.09. The molecule has 1 heterocycles. The maximum atomic E-state index is 12.6. The topological polar surface area (TPSA) is 12.0 Å². The molecule has 2 rings (SSSR count). The van der Waals surface area contributed by atoms with Crippen molar-refractivity contribution in [1.82, 2.24) is 5.32 Å². The first-order valence-electron chi connectivity index (χ1n) is 6.37. The largest absolute Gasteiger partial charge is 0.416 e. The molecule has 1 nitrogen and oxygen atoms in total. The van der Waals surface area contributed by atoms with E-state index in [1.54, 1.807) is 17.4 Å². The second-order valence-corrected chi connectivity index (χ2v) is 5.80. The number of hydrogen-bond donors (Lipinski definition) is 1. The molecule has 0 aliphatic rings. The highest BCUT2D eigenvalue weighted by Gasteiger charge is 2.30. The van der Waals surface area contributed by atoms with E-state index >= 15 is 0 Å². The predicted octanol–water partition coefficient (Wildman–Crippen LogP) is 4.49. The van der Waals surface area contributed by atoms with Crippen LogP contribution in [0.4, 0.5) is 13.2 Å². The van der Waals surface area contributed by atoms with Gasteiger partial charge in [0.2, 0.25) is 0 Å². The summed E-state index contributed by atoms with van der Waals surface area (Å²) in [5, 5.41) is 5.28. The lowest BCUT2D eigenvalue weighted by atomic mass is 10.1. The fourth-order valence-electron chi connectivity index (χ4n) is 1.95. The fraction of sp³-hybridized carbons (Fsp3) is 0.333. The van der Waals surface area contributed by atoms with E-state index in [2.05, 4.69) is 11.4 Å². The monoisotopic (exact) mass is 299 g/mol. The number of benzene rings is 1. The zero-order valence-electron chi connectivity index (χ0n) is 11.1. The van der Waals surface area contributed by atoms with Gasteiger partial charge in [0.15, 0.2) is 0 Å². The summed E-state index contributed by atoms with van der Waals surface area (Å²) < 4.78 is 37.8. The Hall–Kier alpha value is -1.33. The second kappa shape index (κ2) is 6.41. The molecule has 1 atom stereocenters. The summed E-state index contributed by atoms with van der Waals surface area (Å²) in [6, 6.07) is 9.74. The normalized spacial score (nSPS) is 13.4. The zero-order chi connectivity index (χ0) is 14.6. The summed E-state index contributed by atoms with van der Waals surface area (Å²) in [6.45, 7) is 2.48. The Morgan fingerprint density at radius 1 is 1.20 bits per heavy atom. The lowest BCUT2D eigenvalue weighted by Gasteiger charge is -2.14. The number of hydrogen-bond acceptors (Lipinski definition) is 2. The lowest BCUT2D eigenvalue weighted by molar-refractivity contribution is -0.137. The molecule has 0 spiro atoms. The highest BCUT2D eigenvalue weighted by atomic mass is 32.1. The zero-order valence-corrected chi connectivity index (χ0v) is 11.9. The van der Waals surface area contributed by atoms with Crippen molar-refractivity contribution in [1.29, 1.82) is 0 Å². The number of nitrogens with one attached hydrogen (secondary N) is 1. The van der Waals surface area contributed by atoms with E-state index in [4.69, 9.17) is 0 Å². The van der Waals surface area contributed by atoms with Gasteiger partial charge >= 0.3 is 6.18 Å². The van der Waals surface area contributed by atoms with E-state index < -0.39 is 11.7 Å². The van der Waals surface area contributed by atoms with Crippen LogP contribution in [0.5, 0.6) is 0 Å². The van der Waals surface area contributed by atoms with Crippen LogP contribution in [0.3, 0.4) is 0 Å². The molecule has 108 valence electrons. The van der Waals surface area contributed by atoms with Gasteiger partial charge in [-0.05, 0) is 36.4 Å². The van der Waals surface area contributed by atoms with Crippen LogP contribution in [0.2, 0.25) is 0 Å². The molecule has 1 N–H and O–H groups in total. The molecule has 0 saturated carbocycles. The van der Waals surface area contributed by atoms with Crippen molar-refractivity contribution >= 4 is 11.3 Å². The van der Waals surface area contributed by atoms with E-state index in [1.165, 1.54) is 17.0 Å². The van der Waals surface area contributed by atoms with Crippen molar-refractivity contribution in [3.63, 3.8) is 0 Å². The number of rotatable bonds is 5. The summed E-state index contributed by atoms with van der Waals surface area (Å²) in [6.07, 6.45) is -3.39. The molecule has 20 heavy (non-hydrogen) atoms. The first-order valence-corrected chi connectivity index (χ1v) is 7.25. The third-order valence-electron chi connectivity index (χ3n) is 3.00. The van der Waals surface area contributed by atoms with Gasteiger partial charge in [-0.15, -0.1) is 11.3 Å². The van der Waals surface area contributed by atoms with Crippen LogP contribution in [0, 0.1) is 0 Å². The standard InChI is InChI=1S/C15H16F3NS/c1-11(8-14-6-3-7-20-14)19-10-12-4-2-5-13(9-12)15(16,17)18/h2-7,9,11,19H,8,10H2,1H3. The maximum absolute atomic E-state index is 12.6. The van der Waals surface area contributed by atoms with Crippen molar-refractivity contribution in [2.45, 2.75) is 32.1 Å². The second-order valence-electron chi connectivity index (χ2n) is 4.76. The van der Waals surface area contributed by atoms with Crippen molar-refractivity contribution < 1.29 is 13.2 Å². The summed E-state index contributed by atoms with van der Waals surface area (Å²) in [5.41, 5.74) is 0.0561. The SMILES string of the molecule is CC(Cc1cccs1)NCc1cccc(C(F)(F)F)c1. The molecule has 1 aromatic carbocycles. The number of thiophene rings is 1. The Morgan fingerprint density at radius 2 is 2.00 bits per heavy atom. The average molecular weight is 299 g/mol.